The van der Waals surface area contributed by atoms with Crippen LogP contribution in [0, 0.1) is 0 Å². The Balaban J connectivity index is 1.38. The van der Waals surface area contributed by atoms with E-state index in [1.54, 1.807) is 18.2 Å². The molecule has 2 aromatic rings. The van der Waals surface area contributed by atoms with Gasteiger partial charge in [0, 0.05) is 18.3 Å². The summed E-state index contributed by atoms with van der Waals surface area (Å²) < 4.78 is 53.9. The van der Waals surface area contributed by atoms with Crippen molar-refractivity contribution in [3.05, 3.63) is 48.0 Å². The average molecular weight is 412 g/mol. The van der Waals surface area contributed by atoms with E-state index in [1.165, 1.54) is 12.1 Å². The lowest BCUT2D eigenvalue weighted by Crippen LogP contribution is -2.38. The summed E-state index contributed by atoms with van der Waals surface area (Å²) in [4.78, 5) is 11.8. The van der Waals surface area contributed by atoms with Crippen molar-refractivity contribution in [3.8, 4) is 17.2 Å². The van der Waals surface area contributed by atoms with Gasteiger partial charge in [-0.1, -0.05) is 6.07 Å². The van der Waals surface area contributed by atoms with Crippen molar-refractivity contribution >= 4 is 11.6 Å². The second kappa shape index (κ2) is 8.91. The number of ether oxygens (including phenoxy) is 3. The highest BCUT2D eigenvalue weighted by molar-refractivity contribution is 5.80. The lowest BCUT2D eigenvalue weighted by atomic mass is 10.2. The van der Waals surface area contributed by atoms with E-state index in [9.17, 15) is 23.1 Å². The zero-order valence-corrected chi connectivity index (χ0v) is 15.2. The van der Waals surface area contributed by atoms with E-state index in [0.29, 0.717) is 17.2 Å². The maximum Gasteiger partial charge on any atom is 0.416 e. The third-order valence-corrected chi connectivity index (χ3v) is 3.96. The highest BCUT2D eigenvalue weighted by atomic mass is 19.4. The SMILES string of the molecule is O=C(CNc1cccc(C(F)(F)F)c1)NCC(O)COc1ccc2c(c1)OCO2. The largest absolute Gasteiger partial charge is 0.491 e. The molecule has 0 saturated heterocycles. The Morgan fingerprint density at radius 3 is 2.76 bits per heavy atom. The number of anilines is 1. The van der Waals surface area contributed by atoms with Crippen molar-refractivity contribution < 1.29 is 37.3 Å². The molecular formula is C19H19F3N2O5. The molecule has 0 fully saturated rings. The second-order valence-corrected chi connectivity index (χ2v) is 6.22. The molecule has 1 aliphatic rings. The number of halogens is 3. The maximum absolute atomic E-state index is 12.7. The normalized spacial score (nSPS) is 13.7. The first-order valence-corrected chi connectivity index (χ1v) is 8.69. The minimum absolute atomic E-state index is 0.0685. The second-order valence-electron chi connectivity index (χ2n) is 6.22. The van der Waals surface area contributed by atoms with Gasteiger partial charge in [0.25, 0.3) is 0 Å². The van der Waals surface area contributed by atoms with Gasteiger partial charge in [0.1, 0.15) is 18.5 Å². The number of alkyl halides is 3. The third kappa shape index (κ3) is 5.92. The molecule has 1 heterocycles. The number of aliphatic hydroxyl groups is 1. The van der Waals surface area contributed by atoms with Gasteiger partial charge in [0.15, 0.2) is 11.5 Å². The van der Waals surface area contributed by atoms with Crippen molar-refractivity contribution in [2.75, 3.05) is 31.8 Å². The van der Waals surface area contributed by atoms with E-state index in [4.69, 9.17) is 14.2 Å². The molecule has 0 aromatic heterocycles. The van der Waals surface area contributed by atoms with Crippen LogP contribution < -0.4 is 24.8 Å². The molecule has 1 unspecified atom stereocenters. The first-order chi connectivity index (χ1) is 13.8. The summed E-state index contributed by atoms with van der Waals surface area (Å²) in [6.45, 7) is -0.242. The summed E-state index contributed by atoms with van der Waals surface area (Å²) in [6.07, 6.45) is -5.43. The fraction of sp³-hybridized carbons (Fsp3) is 0.316. The Morgan fingerprint density at radius 2 is 1.97 bits per heavy atom. The molecule has 156 valence electrons. The molecule has 1 aliphatic heterocycles. The van der Waals surface area contributed by atoms with Crippen LogP contribution in [0.15, 0.2) is 42.5 Å². The van der Waals surface area contributed by atoms with Crippen LogP contribution in [0.25, 0.3) is 0 Å². The van der Waals surface area contributed by atoms with Crippen molar-refractivity contribution in [2.45, 2.75) is 12.3 Å². The Bertz CT molecular complexity index is 860. The Kier molecular flexibility index (Phi) is 6.32. The lowest BCUT2D eigenvalue weighted by molar-refractivity contribution is -0.137. The van der Waals surface area contributed by atoms with Crippen LogP contribution in [-0.2, 0) is 11.0 Å². The number of fused-ring (bicyclic) bond motifs is 1. The standard InChI is InChI=1S/C19H19F3N2O5/c20-19(21,22)12-2-1-3-13(6-12)23-9-18(26)24-8-14(25)10-27-15-4-5-16-17(7-15)29-11-28-16/h1-7,14,23,25H,8-11H2,(H,24,26). The number of aliphatic hydroxyl groups excluding tert-OH is 1. The molecule has 2 aromatic carbocycles. The smallest absolute Gasteiger partial charge is 0.416 e. The summed E-state index contributed by atoms with van der Waals surface area (Å²) in [5.74, 6) is 1.15. The average Bonchev–Trinajstić information content (AvgIpc) is 3.16. The van der Waals surface area contributed by atoms with Gasteiger partial charge in [-0.2, -0.15) is 13.2 Å². The molecular weight excluding hydrogens is 393 g/mol. The van der Waals surface area contributed by atoms with E-state index in [2.05, 4.69) is 10.6 Å². The van der Waals surface area contributed by atoms with E-state index >= 15 is 0 Å². The molecule has 0 spiro atoms. The van der Waals surface area contributed by atoms with Crippen LogP contribution in [-0.4, -0.2) is 43.6 Å². The van der Waals surface area contributed by atoms with Gasteiger partial charge in [-0.15, -0.1) is 0 Å². The van der Waals surface area contributed by atoms with Gasteiger partial charge in [0.05, 0.1) is 12.1 Å². The zero-order chi connectivity index (χ0) is 20.9. The lowest BCUT2D eigenvalue weighted by Gasteiger charge is -2.14. The number of benzene rings is 2. The molecule has 0 bridgehead atoms. The van der Waals surface area contributed by atoms with Crippen molar-refractivity contribution in [1.82, 2.24) is 5.32 Å². The number of amides is 1. The Hall–Kier alpha value is -3.14. The van der Waals surface area contributed by atoms with Crippen LogP contribution >= 0.6 is 0 Å². The van der Waals surface area contributed by atoms with Crippen LogP contribution in [0.2, 0.25) is 0 Å². The number of nitrogens with one attached hydrogen (secondary N) is 2. The predicted octanol–water partition coefficient (Wildman–Crippen LogP) is 2.40. The van der Waals surface area contributed by atoms with Crippen LogP contribution in [0.5, 0.6) is 17.2 Å². The van der Waals surface area contributed by atoms with E-state index in [0.717, 1.165) is 12.1 Å². The molecule has 29 heavy (non-hydrogen) atoms. The minimum atomic E-state index is -4.46. The fourth-order valence-electron chi connectivity index (χ4n) is 2.50. The third-order valence-electron chi connectivity index (χ3n) is 3.96. The van der Waals surface area contributed by atoms with Crippen molar-refractivity contribution in [2.24, 2.45) is 0 Å². The van der Waals surface area contributed by atoms with Crippen LogP contribution in [0.3, 0.4) is 0 Å². The molecule has 1 amide bonds. The Morgan fingerprint density at radius 1 is 1.17 bits per heavy atom. The molecule has 3 rings (SSSR count). The van der Waals surface area contributed by atoms with Gasteiger partial charge >= 0.3 is 6.18 Å². The van der Waals surface area contributed by atoms with Gasteiger partial charge in [-0.05, 0) is 30.3 Å². The molecule has 3 N–H and O–H groups in total. The van der Waals surface area contributed by atoms with Crippen molar-refractivity contribution in [3.63, 3.8) is 0 Å². The molecule has 0 saturated carbocycles. The monoisotopic (exact) mass is 412 g/mol. The number of carbonyl (C=O) groups excluding carboxylic acids is 1. The van der Waals surface area contributed by atoms with Gasteiger partial charge in [-0.25, -0.2) is 0 Å². The Labute approximate surface area is 164 Å². The van der Waals surface area contributed by atoms with E-state index in [-0.39, 0.29) is 32.2 Å². The zero-order valence-electron chi connectivity index (χ0n) is 15.2. The first kappa shape index (κ1) is 20.6. The number of rotatable bonds is 8. The van der Waals surface area contributed by atoms with Crippen molar-refractivity contribution in [1.29, 1.82) is 0 Å². The van der Waals surface area contributed by atoms with E-state index < -0.39 is 23.8 Å². The van der Waals surface area contributed by atoms with Crippen LogP contribution in [0.4, 0.5) is 18.9 Å². The van der Waals surface area contributed by atoms with Gasteiger partial charge in [-0.3, -0.25) is 4.79 Å². The maximum atomic E-state index is 12.7. The summed E-state index contributed by atoms with van der Waals surface area (Å²) in [6, 6.07) is 9.52. The number of hydrogen-bond donors (Lipinski definition) is 3. The molecule has 0 aliphatic carbocycles. The summed E-state index contributed by atoms with van der Waals surface area (Å²) >= 11 is 0. The first-order valence-electron chi connectivity index (χ1n) is 8.69. The summed E-state index contributed by atoms with van der Waals surface area (Å²) in [5.41, 5.74) is -0.638. The predicted molar refractivity (Wildman–Crippen MR) is 97.0 cm³/mol. The quantitative estimate of drug-likeness (QED) is 0.617. The number of carbonyl (C=O) groups is 1. The highest BCUT2D eigenvalue weighted by Crippen LogP contribution is 2.35. The number of hydrogen-bond acceptors (Lipinski definition) is 6. The van der Waals surface area contributed by atoms with Gasteiger partial charge < -0.3 is 30.0 Å². The molecule has 10 heteroatoms. The van der Waals surface area contributed by atoms with E-state index in [1.807, 2.05) is 0 Å². The molecule has 7 nitrogen and oxygen atoms in total. The molecule has 0 radical (unpaired) electrons. The summed E-state index contributed by atoms with van der Waals surface area (Å²) in [5, 5.41) is 15.0. The van der Waals surface area contributed by atoms with Crippen LogP contribution in [0.1, 0.15) is 5.56 Å². The summed E-state index contributed by atoms with van der Waals surface area (Å²) in [7, 11) is 0. The minimum Gasteiger partial charge on any atom is -0.491 e. The topological polar surface area (TPSA) is 89.1 Å². The molecule has 1 atom stereocenters. The highest BCUT2D eigenvalue weighted by Gasteiger charge is 2.30. The fourth-order valence-corrected chi connectivity index (χ4v) is 2.50. The van der Waals surface area contributed by atoms with Gasteiger partial charge in [0.2, 0.25) is 12.7 Å².